The Morgan fingerprint density at radius 2 is 2.20 bits per heavy atom. The summed E-state index contributed by atoms with van der Waals surface area (Å²) in [6.07, 6.45) is 3.67. The highest BCUT2D eigenvalue weighted by Crippen LogP contribution is 1.76. The molecule has 0 radical (unpaired) electrons. The van der Waals surface area contributed by atoms with Gasteiger partial charge in [-0.2, -0.15) is 0 Å². The van der Waals surface area contributed by atoms with E-state index in [1.165, 1.54) is 6.08 Å². The molecule has 1 amide bonds. The van der Waals surface area contributed by atoms with Crippen molar-refractivity contribution in [3.05, 3.63) is 12.2 Å². The van der Waals surface area contributed by atoms with Crippen LogP contribution in [0.2, 0.25) is 0 Å². The van der Waals surface area contributed by atoms with Crippen LogP contribution in [0.1, 0.15) is 13.8 Å². The number of amides is 1. The molecule has 0 bridgehead atoms. The molecule has 0 aromatic carbocycles. The number of allylic oxidation sites excluding steroid dienone is 1. The first-order valence-electron chi connectivity index (χ1n) is 3.09. The lowest BCUT2D eigenvalue weighted by molar-refractivity contribution is -0.119. The second kappa shape index (κ2) is 4.73. The number of rotatable bonds is 3. The lowest BCUT2D eigenvalue weighted by Crippen LogP contribution is -2.31. The topological polar surface area (TPSA) is 46.2 Å². The Hall–Kier alpha value is -1.12. The Balaban J connectivity index is 3.67. The van der Waals surface area contributed by atoms with Crippen LogP contribution in [0.3, 0.4) is 0 Å². The lowest BCUT2D eigenvalue weighted by atomic mass is 10.3. The molecular weight excluding hydrogens is 130 g/mol. The van der Waals surface area contributed by atoms with E-state index < -0.39 is 6.04 Å². The molecule has 10 heavy (non-hydrogen) atoms. The molecule has 1 unspecified atom stereocenters. The fourth-order valence-electron chi connectivity index (χ4n) is 0.458. The van der Waals surface area contributed by atoms with Gasteiger partial charge in [-0.15, -0.1) is 0 Å². The standard InChI is InChI=1S/C7H11NO2/c1-3-4-7(10)8-6(2)5-9/h3-6H,1-2H3,(H,8,10). The number of carbonyl (C=O) groups is 2. The van der Waals surface area contributed by atoms with Crippen LogP contribution >= 0.6 is 0 Å². The summed E-state index contributed by atoms with van der Waals surface area (Å²) in [5.74, 6) is -0.234. The van der Waals surface area contributed by atoms with Gasteiger partial charge in [-0.25, -0.2) is 0 Å². The summed E-state index contributed by atoms with van der Waals surface area (Å²) in [5.41, 5.74) is 0. The van der Waals surface area contributed by atoms with Crippen LogP contribution in [0.5, 0.6) is 0 Å². The largest absolute Gasteiger partial charge is 0.343 e. The zero-order valence-electron chi connectivity index (χ0n) is 6.13. The first-order valence-corrected chi connectivity index (χ1v) is 3.09. The van der Waals surface area contributed by atoms with Crippen molar-refractivity contribution in [1.82, 2.24) is 5.32 Å². The predicted octanol–water partition coefficient (Wildman–Crippen LogP) is 0.266. The molecule has 3 nitrogen and oxygen atoms in total. The molecule has 0 aliphatic carbocycles. The van der Waals surface area contributed by atoms with Gasteiger partial charge in [0.2, 0.25) is 5.91 Å². The molecule has 0 aliphatic heterocycles. The molecule has 1 atom stereocenters. The molecule has 0 aromatic heterocycles. The average Bonchev–Trinajstić information content (AvgIpc) is 1.88. The van der Waals surface area contributed by atoms with Gasteiger partial charge in [0.25, 0.3) is 0 Å². The molecule has 0 saturated heterocycles. The van der Waals surface area contributed by atoms with Crippen molar-refractivity contribution in [1.29, 1.82) is 0 Å². The fraction of sp³-hybridized carbons (Fsp3) is 0.429. The zero-order valence-corrected chi connectivity index (χ0v) is 6.13. The molecule has 0 heterocycles. The summed E-state index contributed by atoms with van der Waals surface area (Å²) in [6.45, 7) is 3.36. The van der Waals surface area contributed by atoms with Crippen LogP contribution in [-0.4, -0.2) is 18.2 Å². The normalized spacial score (nSPS) is 13.0. The Bertz CT molecular complexity index is 152. The van der Waals surface area contributed by atoms with Gasteiger partial charge in [-0.3, -0.25) is 4.79 Å². The van der Waals surface area contributed by atoms with Gasteiger partial charge in [-0.1, -0.05) is 6.08 Å². The number of nitrogens with one attached hydrogen (secondary N) is 1. The fourth-order valence-corrected chi connectivity index (χ4v) is 0.458. The maximum absolute atomic E-state index is 10.7. The monoisotopic (exact) mass is 141 g/mol. The third-order valence-corrected chi connectivity index (χ3v) is 0.892. The van der Waals surface area contributed by atoms with Crippen LogP contribution in [-0.2, 0) is 9.59 Å². The van der Waals surface area contributed by atoms with E-state index in [0.717, 1.165) is 0 Å². The first-order chi connectivity index (χ1) is 4.70. The van der Waals surface area contributed by atoms with Crippen molar-refractivity contribution < 1.29 is 9.59 Å². The van der Waals surface area contributed by atoms with Gasteiger partial charge in [0.15, 0.2) is 0 Å². The molecule has 3 heteroatoms. The van der Waals surface area contributed by atoms with E-state index in [2.05, 4.69) is 5.32 Å². The summed E-state index contributed by atoms with van der Waals surface area (Å²) < 4.78 is 0. The predicted molar refractivity (Wildman–Crippen MR) is 38.5 cm³/mol. The molecule has 0 spiro atoms. The SMILES string of the molecule is CC=CC(=O)NC(C)C=O. The lowest BCUT2D eigenvalue weighted by Gasteiger charge is -2.02. The molecule has 0 aliphatic rings. The molecule has 56 valence electrons. The van der Waals surface area contributed by atoms with E-state index in [1.54, 1.807) is 19.9 Å². The summed E-state index contributed by atoms with van der Waals surface area (Å²) >= 11 is 0. The van der Waals surface area contributed by atoms with Gasteiger partial charge >= 0.3 is 0 Å². The summed E-state index contributed by atoms with van der Waals surface area (Å²) in [6, 6.07) is -0.399. The summed E-state index contributed by atoms with van der Waals surface area (Å²) in [5, 5.41) is 2.44. The van der Waals surface area contributed by atoms with Crippen molar-refractivity contribution in [2.45, 2.75) is 19.9 Å². The number of carbonyl (C=O) groups excluding carboxylic acids is 2. The van der Waals surface area contributed by atoms with Crippen molar-refractivity contribution in [3.63, 3.8) is 0 Å². The summed E-state index contributed by atoms with van der Waals surface area (Å²) in [7, 11) is 0. The van der Waals surface area contributed by atoms with E-state index in [4.69, 9.17) is 0 Å². The zero-order chi connectivity index (χ0) is 7.98. The van der Waals surface area contributed by atoms with E-state index in [0.29, 0.717) is 6.29 Å². The van der Waals surface area contributed by atoms with Crippen LogP contribution in [0.4, 0.5) is 0 Å². The molecule has 0 fully saturated rings. The number of hydrogen-bond acceptors (Lipinski definition) is 2. The summed E-state index contributed by atoms with van der Waals surface area (Å²) in [4.78, 5) is 20.7. The van der Waals surface area contributed by atoms with Crippen molar-refractivity contribution in [3.8, 4) is 0 Å². The van der Waals surface area contributed by atoms with Gasteiger partial charge in [-0.05, 0) is 19.9 Å². The minimum atomic E-state index is -0.399. The van der Waals surface area contributed by atoms with Crippen LogP contribution in [0, 0.1) is 0 Å². The smallest absolute Gasteiger partial charge is 0.244 e. The Labute approximate surface area is 60.1 Å². The van der Waals surface area contributed by atoms with Crippen LogP contribution in [0.25, 0.3) is 0 Å². The number of hydrogen-bond donors (Lipinski definition) is 1. The van der Waals surface area contributed by atoms with E-state index in [9.17, 15) is 9.59 Å². The van der Waals surface area contributed by atoms with Crippen molar-refractivity contribution >= 4 is 12.2 Å². The van der Waals surface area contributed by atoms with Crippen molar-refractivity contribution in [2.75, 3.05) is 0 Å². The van der Waals surface area contributed by atoms with Crippen LogP contribution < -0.4 is 5.32 Å². The van der Waals surface area contributed by atoms with Crippen LogP contribution in [0.15, 0.2) is 12.2 Å². The second-order valence-corrected chi connectivity index (χ2v) is 1.93. The van der Waals surface area contributed by atoms with Gasteiger partial charge in [0.1, 0.15) is 6.29 Å². The third kappa shape index (κ3) is 3.83. The van der Waals surface area contributed by atoms with E-state index in [-0.39, 0.29) is 5.91 Å². The first kappa shape index (κ1) is 8.88. The van der Waals surface area contributed by atoms with E-state index >= 15 is 0 Å². The molecule has 0 aromatic rings. The Morgan fingerprint density at radius 1 is 1.60 bits per heavy atom. The third-order valence-electron chi connectivity index (χ3n) is 0.892. The molecular formula is C7H11NO2. The molecule has 0 rings (SSSR count). The molecule has 0 saturated carbocycles. The molecule has 1 N–H and O–H groups in total. The quantitative estimate of drug-likeness (QED) is 0.453. The average molecular weight is 141 g/mol. The highest BCUT2D eigenvalue weighted by atomic mass is 16.2. The number of aldehydes is 1. The second-order valence-electron chi connectivity index (χ2n) is 1.93. The van der Waals surface area contributed by atoms with Crippen molar-refractivity contribution in [2.24, 2.45) is 0 Å². The minimum absolute atomic E-state index is 0.234. The highest BCUT2D eigenvalue weighted by Gasteiger charge is 1.99. The van der Waals surface area contributed by atoms with Gasteiger partial charge in [0.05, 0.1) is 6.04 Å². The Morgan fingerprint density at radius 3 is 2.60 bits per heavy atom. The Kier molecular flexibility index (Phi) is 4.20. The minimum Gasteiger partial charge on any atom is -0.343 e. The van der Waals surface area contributed by atoms with Gasteiger partial charge in [0, 0.05) is 0 Å². The highest BCUT2D eigenvalue weighted by molar-refractivity contribution is 5.89. The van der Waals surface area contributed by atoms with E-state index in [1.807, 2.05) is 0 Å². The maximum atomic E-state index is 10.7. The van der Waals surface area contributed by atoms with Gasteiger partial charge < -0.3 is 10.1 Å². The maximum Gasteiger partial charge on any atom is 0.244 e.